The monoisotopic (exact) mass is 569 g/mol. The number of aryl methyl sites for hydroxylation is 1. The molecule has 4 aromatic rings. The predicted octanol–water partition coefficient (Wildman–Crippen LogP) is 7.18. The fraction of sp³-hybridized carbons (Fsp3) is 0.0938. The highest BCUT2D eigenvalue weighted by Crippen LogP contribution is 2.26. The van der Waals surface area contributed by atoms with Crippen molar-refractivity contribution in [3.63, 3.8) is 0 Å². The van der Waals surface area contributed by atoms with Crippen molar-refractivity contribution < 1.29 is 14.4 Å². The van der Waals surface area contributed by atoms with Crippen LogP contribution in [0.15, 0.2) is 114 Å². The highest BCUT2D eigenvalue weighted by molar-refractivity contribution is 8.00. The molecule has 0 spiro atoms. The van der Waals surface area contributed by atoms with E-state index in [-0.39, 0.29) is 22.8 Å². The average molecular weight is 570 g/mol. The number of carbonyl (C=O) groups is 3. The van der Waals surface area contributed by atoms with Crippen LogP contribution in [-0.2, 0) is 9.59 Å². The zero-order valence-corrected chi connectivity index (χ0v) is 23.6. The minimum absolute atomic E-state index is 0.118. The van der Waals surface area contributed by atoms with Gasteiger partial charge in [0.05, 0.1) is 5.25 Å². The molecule has 6 nitrogen and oxygen atoms in total. The van der Waals surface area contributed by atoms with Crippen LogP contribution in [0.3, 0.4) is 0 Å². The van der Waals surface area contributed by atoms with E-state index in [0.29, 0.717) is 22.0 Å². The van der Waals surface area contributed by atoms with Gasteiger partial charge in [-0.25, -0.2) is 0 Å². The molecule has 0 bridgehead atoms. The first-order valence-corrected chi connectivity index (χ1v) is 13.8. The van der Waals surface area contributed by atoms with Gasteiger partial charge in [-0.2, -0.15) is 0 Å². The summed E-state index contributed by atoms with van der Waals surface area (Å²) in [5, 5.41) is 8.66. The van der Waals surface area contributed by atoms with Crippen molar-refractivity contribution in [1.82, 2.24) is 5.32 Å². The van der Waals surface area contributed by atoms with Crippen molar-refractivity contribution in [2.75, 3.05) is 10.6 Å². The summed E-state index contributed by atoms with van der Waals surface area (Å²) < 4.78 is 0. The predicted molar refractivity (Wildman–Crippen MR) is 164 cm³/mol. The molecule has 0 aliphatic rings. The molecule has 0 saturated heterocycles. The average Bonchev–Trinajstić information content (AvgIpc) is 2.95. The van der Waals surface area contributed by atoms with Crippen LogP contribution in [0.25, 0.3) is 6.08 Å². The van der Waals surface area contributed by atoms with E-state index in [1.54, 1.807) is 66.7 Å². The summed E-state index contributed by atoms with van der Waals surface area (Å²) in [6, 6.07) is 30.5. The highest BCUT2D eigenvalue weighted by atomic mass is 35.5. The standard InChI is InChI=1S/C32H28ClN3O3S/c1-21-9-6-7-12-24(21)19-29(36-31(38)23-10-4-3-5-11-23)32(39)34-26-15-17-28(18-16-26)40-22(2)30(37)35-27-14-8-13-25(33)20-27/h3-20,22H,1-2H3,(H,34,39)(H,35,37)(H,36,38)/b29-19-. The molecule has 0 heterocycles. The number of amides is 3. The van der Waals surface area contributed by atoms with E-state index < -0.39 is 5.91 Å². The lowest BCUT2D eigenvalue weighted by atomic mass is 10.1. The molecular formula is C32H28ClN3O3S. The SMILES string of the molecule is Cc1ccccc1/C=C(\NC(=O)c1ccccc1)C(=O)Nc1ccc(SC(C)C(=O)Nc2cccc(Cl)c2)cc1. The fourth-order valence-corrected chi connectivity index (χ4v) is 4.79. The third-order valence-electron chi connectivity index (χ3n) is 5.90. The Morgan fingerprint density at radius 2 is 1.50 bits per heavy atom. The number of thioether (sulfide) groups is 1. The van der Waals surface area contributed by atoms with Gasteiger partial charge in [0.15, 0.2) is 0 Å². The third-order valence-corrected chi connectivity index (χ3v) is 7.25. The second-order valence-electron chi connectivity index (χ2n) is 8.97. The van der Waals surface area contributed by atoms with Crippen LogP contribution in [0, 0.1) is 6.92 Å². The van der Waals surface area contributed by atoms with E-state index >= 15 is 0 Å². The Morgan fingerprint density at radius 1 is 0.800 bits per heavy atom. The molecule has 40 heavy (non-hydrogen) atoms. The zero-order valence-electron chi connectivity index (χ0n) is 22.0. The lowest BCUT2D eigenvalue weighted by Crippen LogP contribution is -2.30. The molecule has 3 N–H and O–H groups in total. The number of rotatable bonds is 9. The number of benzene rings is 4. The lowest BCUT2D eigenvalue weighted by molar-refractivity contribution is -0.115. The van der Waals surface area contributed by atoms with E-state index in [9.17, 15) is 14.4 Å². The number of halogens is 1. The first kappa shape index (κ1) is 28.7. The number of carbonyl (C=O) groups excluding carboxylic acids is 3. The van der Waals surface area contributed by atoms with E-state index in [4.69, 9.17) is 11.6 Å². The van der Waals surface area contributed by atoms with Crippen molar-refractivity contribution in [2.45, 2.75) is 24.0 Å². The molecule has 0 aliphatic heterocycles. The Balaban J connectivity index is 1.44. The highest BCUT2D eigenvalue weighted by Gasteiger charge is 2.17. The zero-order chi connectivity index (χ0) is 28.5. The molecule has 0 aliphatic carbocycles. The van der Waals surface area contributed by atoms with Crippen LogP contribution >= 0.6 is 23.4 Å². The van der Waals surface area contributed by atoms with Gasteiger partial charge < -0.3 is 16.0 Å². The number of hydrogen-bond donors (Lipinski definition) is 3. The molecule has 0 radical (unpaired) electrons. The van der Waals surface area contributed by atoms with Crippen LogP contribution < -0.4 is 16.0 Å². The molecule has 4 aromatic carbocycles. The Hall–Kier alpha value is -4.33. The fourth-order valence-electron chi connectivity index (χ4n) is 3.73. The van der Waals surface area contributed by atoms with E-state index in [1.807, 2.05) is 56.3 Å². The van der Waals surface area contributed by atoms with Gasteiger partial charge in [0.1, 0.15) is 5.70 Å². The summed E-state index contributed by atoms with van der Waals surface area (Å²) in [6.07, 6.45) is 1.66. The minimum atomic E-state index is -0.456. The first-order chi connectivity index (χ1) is 19.3. The summed E-state index contributed by atoms with van der Waals surface area (Å²) in [4.78, 5) is 39.6. The maximum absolute atomic E-state index is 13.3. The molecule has 0 saturated carbocycles. The normalized spacial score (nSPS) is 11.8. The van der Waals surface area contributed by atoms with E-state index in [0.717, 1.165) is 16.0 Å². The maximum atomic E-state index is 13.3. The number of nitrogens with one attached hydrogen (secondary N) is 3. The van der Waals surface area contributed by atoms with Crippen LogP contribution in [0.2, 0.25) is 5.02 Å². The Bertz CT molecular complexity index is 1540. The van der Waals surface area contributed by atoms with Gasteiger partial charge in [-0.1, -0.05) is 60.1 Å². The molecule has 0 aromatic heterocycles. The van der Waals surface area contributed by atoms with Crippen molar-refractivity contribution in [3.8, 4) is 0 Å². The van der Waals surface area contributed by atoms with Crippen molar-refractivity contribution in [1.29, 1.82) is 0 Å². The topological polar surface area (TPSA) is 87.3 Å². The van der Waals surface area contributed by atoms with Crippen LogP contribution in [0.1, 0.15) is 28.4 Å². The molecule has 0 fully saturated rings. The number of anilines is 2. The summed E-state index contributed by atoms with van der Waals surface area (Å²) in [5.74, 6) is -0.987. The number of hydrogen-bond acceptors (Lipinski definition) is 4. The molecule has 1 atom stereocenters. The van der Waals surface area contributed by atoms with Gasteiger partial charge in [0.2, 0.25) is 5.91 Å². The minimum Gasteiger partial charge on any atom is -0.325 e. The largest absolute Gasteiger partial charge is 0.325 e. The van der Waals surface area contributed by atoms with E-state index in [2.05, 4.69) is 16.0 Å². The van der Waals surface area contributed by atoms with Gasteiger partial charge in [-0.3, -0.25) is 14.4 Å². The quantitative estimate of drug-likeness (QED) is 0.147. The maximum Gasteiger partial charge on any atom is 0.272 e. The van der Waals surface area contributed by atoms with E-state index in [1.165, 1.54) is 11.8 Å². The Morgan fingerprint density at radius 3 is 2.20 bits per heavy atom. The summed E-state index contributed by atoms with van der Waals surface area (Å²) >= 11 is 7.39. The van der Waals surface area contributed by atoms with Gasteiger partial charge >= 0.3 is 0 Å². The molecule has 3 amide bonds. The Kier molecular flexibility index (Phi) is 9.78. The van der Waals surface area contributed by atoms with Gasteiger partial charge in [-0.15, -0.1) is 11.8 Å². The summed E-state index contributed by atoms with van der Waals surface area (Å²) in [6.45, 7) is 3.76. The second kappa shape index (κ2) is 13.6. The van der Waals surface area contributed by atoms with Gasteiger partial charge in [-0.05, 0) is 85.6 Å². The van der Waals surface area contributed by atoms with Gasteiger partial charge in [0, 0.05) is 26.9 Å². The summed E-state index contributed by atoms with van der Waals surface area (Å²) in [5.41, 5.74) is 3.54. The van der Waals surface area contributed by atoms with Crippen LogP contribution in [-0.4, -0.2) is 23.0 Å². The second-order valence-corrected chi connectivity index (χ2v) is 10.8. The van der Waals surface area contributed by atoms with Crippen molar-refractivity contribution in [2.24, 2.45) is 0 Å². The molecule has 8 heteroatoms. The first-order valence-electron chi connectivity index (χ1n) is 12.6. The molecule has 1 unspecified atom stereocenters. The molecule has 202 valence electrons. The van der Waals surface area contributed by atoms with Crippen molar-refractivity contribution in [3.05, 3.63) is 131 Å². The van der Waals surface area contributed by atoms with Crippen LogP contribution in [0.5, 0.6) is 0 Å². The smallest absolute Gasteiger partial charge is 0.272 e. The third kappa shape index (κ3) is 8.09. The lowest BCUT2D eigenvalue weighted by Gasteiger charge is -2.14. The molecule has 4 rings (SSSR count). The Labute approximate surface area is 242 Å². The van der Waals surface area contributed by atoms with Gasteiger partial charge in [0.25, 0.3) is 11.8 Å². The van der Waals surface area contributed by atoms with Crippen LogP contribution in [0.4, 0.5) is 11.4 Å². The van der Waals surface area contributed by atoms with Crippen molar-refractivity contribution >= 4 is 58.5 Å². The summed E-state index contributed by atoms with van der Waals surface area (Å²) in [7, 11) is 0. The molecular weight excluding hydrogens is 542 g/mol.